The van der Waals surface area contributed by atoms with Gasteiger partial charge in [0.2, 0.25) is 0 Å². The van der Waals surface area contributed by atoms with Gasteiger partial charge in [-0.25, -0.2) is 0 Å². The van der Waals surface area contributed by atoms with E-state index < -0.39 is 16.7 Å². The Bertz CT molecular complexity index is 208. The Morgan fingerprint density at radius 2 is 2.08 bits per heavy atom. The van der Waals surface area contributed by atoms with Gasteiger partial charge in [0.15, 0.2) is 0 Å². The predicted molar refractivity (Wildman–Crippen MR) is 50.2 cm³/mol. The molecule has 0 saturated carbocycles. The van der Waals surface area contributed by atoms with Crippen LogP contribution in [0.25, 0.3) is 0 Å². The molecule has 4 nitrogen and oxygen atoms in total. The summed E-state index contributed by atoms with van der Waals surface area (Å²) in [5, 5.41) is 3.03. The first-order valence-corrected chi connectivity index (χ1v) is 5.54. The lowest BCUT2D eigenvalue weighted by molar-refractivity contribution is -0.143. The minimum absolute atomic E-state index is 0.0806. The van der Waals surface area contributed by atoms with Crippen LogP contribution >= 0.6 is 0 Å². The molecule has 0 aromatic carbocycles. The number of ether oxygens (including phenoxy) is 1. The normalized spacial score (nSPS) is 23.7. The molecule has 1 aliphatic heterocycles. The minimum Gasteiger partial charge on any atom is -0.772 e. The molecular formula is C8H16NO3S-. The van der Waals surface area contributed by atoms with Gasteiger partial charge in [0, 0.05) is 18.8 Å². The third-order valence-corrected chi connectivity index (χ3v) is 2.56. The molecule has 1 rings (SSSR count). The SMILES string of the molecule is CC(C)(C)OC1(CS(=O)[O-])CNC1. The smallest absolute Gasteiger partial charge is 0.104 e. The monoisotopic (exact) mass is 206 g/mol. The first-order valence-electron chi connectivity index (χ1n) is 4.30. The van der Waals surface area contributed by atoms with E-state index in [1.54, 1.807) is 0 Å². The third kappa shape index (κ3) is 3.34. The first kappa shape index (κ1) is 11.1. The highest BCUT2D eigenvalue weighted by Gasteiger charge is 2.41. The largest absolute Gasteiger partial charge is 0.772 e. The van der Waals surface area contributed by atoms with Gasteiger partial charge >= 0.3 is 0 Å². The molecule has 13 heavy (non-hydrogen) atoms. The van der Waals surface area contributed by atoms with Crippen LogP contribution in [0, 0.1) is 0 Å². The second-order valence-corrected chi connectivity index (χ2v) is 5.35. The molecule has 1 fully saturated rings. The lowest BCUT2D eigenvalue weighted by atomic mass is 9.98. The lowest BCUT2D eigenvalue weighted by Crippen LogP contribution is -2.65. The van der Waals surface area contributed by atoms with E-state index in [9.17, 15) is 8.76 Å². The molecule has 1 aliphatic rings. The van der Waals surface area contributed by atoms with Crippen molar-refractivity contribution in [2.24, 2.45) is 0 Å². The Labute approximate surface area is 81.3 Å². The van der Waals surface area contributed by atoms with E-state index in [0.29, 0.717) is 13.1 Å². The molecule has 1 heterocycles. The minimum atomic E-state index is -2.03. The zero-order valence-electron chi connectivity index (χ0n) is 8.25. The highest BCUT2D eigenvalue weighted by molar-refractivity contribution is 7.79. The molecule has 0 aliphatic carbocycles. The quantitative estimate of drug-likeness (QED) is 0.661. The van der Waals surface area contributed by atoms with E-state index in [0.717, 1.165) is 0 Å². The van der Waals surface area contributed by atoms with Crippen LogP contribution < -0.4 is 5.32 Å². The molecule has 0 radical (unpaired) electrons. The first-order chi connectivity index (χ1) is 5.83. The molecule has 5 heteroatoms. The van der Waals surface area contributed by atoms with E-state index in [-0.39, 0.29) is 11.4 Å². The van der Waals surface area contributed by atoms with Crippen LogP contribution in [0.5, 0.6) is 0 Å². The summed E-state index contributed by atoms with van der Waals surface area (Å²) < 4.78 is 26.9. The van der Waals surface area contributed by atoms with Gasteiger partial charge in [0.05, 0.1) is 5.60 Å². The van der Waals surface area contributed by atoms with Crippen molar-refractivity contribution in [2.75, 3.05) is 18.8 Å². The van der Waals surface area contributed by atoms with E-state index in [4.69, 9.17) is 4.74 Å². The van der Waals surface area contributed by atoms with E-state index >= 15 is 0 Å². The van der Waals surface area contributed by atoms with Crippen LogP contribution in [-0.2, 0) is 15.8 Å². The molecule has 1 N–H and O–H groups in total. The summed E-state index contributed by atoms with van der Waals surface area (Å²) in [6, 6.07) is 0. The Morgan fingerprint density at radius 3 is 2.31 bits per heavy atom. The zero-order chi connectivity index (χ0) is 10.1. The van der Waals surface area contributed by atoms with Crippen LogP contribution in [0.3, 0.4) is 0 Å². The van der Waals surface area contributed by atoms with Gasteiger partial charge in [-0.15, -0.1) is 0 Å². The summed E-state index contributed by atoms with van der Waals surface area (Å²) in [6.45, 7) is 7.04. The topological polar surface area (TPSA) is 61.4 Å². The van der Waals surface area contributed by atoms with Crippen molar-refractivity contribution in [3.8, 4) is 0 Å². The van der Waals surface area contributed by atoms with Gasteiger partial charge in [-0.1, -0.05) is 11.1 Å². The fourth-order valence-electron chi connectivity index (χ4n) is 1.47. The molecule has 0 aromatic heterocycles. The summed E-state index contributed by atoms with van der Waals surface area (Å²) in [6.07, 6.45) is 0. The van der Waals surface area contributed by atoms with Gasteiger partial charge in [-0.3, -0.25) is 4.21 Å². The fraction of sp³-hybridized carbons (Fsp3) is 1.00. The average molecular weight is 206 g/mol. The lowest BCUT2D eigenvalue weighted by Gasteiger charge is -2.46. The molecule has 0 amide bonds. The van der Waals surface area contributed by atoms with Gasteiger partial charge in [-0.05, 0) is 20.8 Å². The molecule has 1 atom stereocenters. The van der Waals surface area contributed by atoms with Crippen molar-refractivity contribution in [3.63, 3.8) is 0 Å². The van der Waals surface area contributed by atoms with Crippen molar-refractivity contribution in [1.82, 2.24) is 5.32 Å². The van der Waals surface area contributed by atoms with Crippen LogP contribution in [0.2, 0.25) is 0 Å². The average Bonchev–Trinajstić information content (AvgIpc) is 1.78. The summed E-state index contributed by atoms with van der Waals surface area (Å²) >= 11 is -2.03. The molecule has 1 saturated heterocycles. The van der Waals surface area contributed by atoms with Crippen LogP contribution in [-0.4, -0.2) is 38.8 Å². The van der Waals surface area contributed by atoms with Crippen molar-refractivity contribution in [1.29, 1.82) is 0 Å². The van der Waals surface area contributed by atoms with E-state index in [1.165, 1.54) is 0 Å². The second-order valence-electron chi connectivity index (χ2n) is 4.45. The Balaban J connectivity index is 2.55. The van der Waals surface area contributed by atoms with Crippen LogP contribution in [0.4, 0.5) is 0 Å². The maximum atomic E-state index is 10.6. The molecule has 1 unspecified atom stereocenters. The summed E-state index contributed by atoms with van der Waals surface area (Å²) in [7, 11) is 0. The van der Waals surface area contributed by atoms with Gasteiger partial charge in [0.1, 0.15) is 5.60 Å². The van der Waals surface area contributed by atoms with E-state index in [2.05, 4.69) is 5.32 Å². The van der Waals surface area contributed by atoms with E-state index in [1.807, 2.05) is 20.8 Å². The van der Waals surface area contributed by atoms with Crippen LogP contribution in [0.15, 0.2) is 0 Å². The third-order valence-electron chi connectivity index (χ3n) is 1.80. The molecular weight excluding hydrogens is 190 g/mol. The van der Waals surface area contributed by atoms with Crippen molar-refractivity contribution < 1.29 is 13.5 Å². The number of hydrogen-bond donors (Lipinski definition) is 1. The van der Waals surface area contributed by atoms with Gasteiger partial charge in [-0.2, -0.15) is 0 Å². The number of rotatable bonds is 3. The second kappa shape index (κ2) is 3.65. The maximum absolute atomic E-state index is 10.6. The Kier molecular flexibility index (Phi) is 3.12. The summed E-state index contributed by atoms with van der Waals surface area (Å²) in [4.78, 5) is 0. The standard InChI is InChI=1S/C8H17NO3S/c1-7(2,3)12-8(4-9-5-8)6-13(10)11/h9H,4-6H2,1-3H3,(H,10,11)/p-1. The number of nitrogens with one attached hydrogen (secondary N) is 1. The predicted octanol–water partition coefficient (Wildman–Crippen LogP) is 0.0226. The Hall–Kier alpha value is 0.0300. The summed E-state index contributed by atoms with van der Waals surface area (Å²) in [5.74, 6) is 0.0806. The maximum Gasteiger partial charge on any atom is 0.104 e. The highest BCUT2D eigenvalue weighted by Crippen LogP contribution is 2.24. The van der Waals surface area contributed by atoms with Crippen molar-refractivity contribution in [2.45, 2.75) is 32.0 Å². The number of hydrogen-bond acceptors (Lipinski definition) is 4. The molecule has 0 spiro atoms. The molecule has 78 valence electrons. The molecule has 0 bridgehead atoms. The summed E-state index contributed by atoms with van der Waals surface area (Å²) in [5.41, 5.74) is -0.785. The Morgan fingerprint density at radius 1 is 1.54 bits per heavy atom. The fourth-order valence-corrected chi connectivity index (χ4v) is 2.16. The van der Waals surface area contributed by atoms with Gasteiger partial charge < -0.3 is 14.6 Å². The van der Waals surface area contributed by atoms with Crippen LogP contribution in [0.1, 0.15) is 20.8 Å². The highest BCUT2D eigenvalue weighted by atomic mass is 32.2. The molecule has 0 aromatic rings. The van der Waals surface area contributed by atoms with Gasteiger partial charge in [0.25, 0.3) is 0 Å². The van der Waals surface area contributed by atoms with Crippen molar-refractivity contribution in [3.05, 3.63) is 0 Å². The van der Waals surface area contributed by atoms with Crippen molar-refractivity contribution >= 4 is 11.1 Å². The zero-order valence-corrected chi connectivity index (χ0v) is 9.07.